The average Bonchev–Trinajstić information content (AvgIpc) is 3.10. The first-order valence-corrected chi connectivity index (χ1v) is 9.18. The van der Waals surface area contributed by atoms with Crippen molar-refractivity contribution in [3.63, 3.8) is 0 Å². The standard InChI is InChI=1S/C18H20FN3O3S/c1-11(25-15-4-9-26-16(15)17(20)23)12-2-3-14(19)13(10-12)18(24)22-7-5-21-6-8-22/h2-4,9-11,21H,5-8H2,1H3,(H2,20,23). The zero-order valence-electron chi connectivity index (χ0n) is 14.3. The van der Waals surface area contributed by atoms with Crippen LogP contribution in [0.1, 0.15) is 38.6 Å². The number of primary amides is 1. The van der Waals surface area contributed by atoms with Crippen molar-refractivity contribution in [2.75, 3.05) is 26.2 Å². The number of carbonyl (C=O) groups excluding carboxylic acids is 2. The maximum atomic E-state index is 14.2. The molecule has 0 aliphatic carbocycles. The lowest BCUT2D eigenvalue weighted by atomic mass is 10.0. The topological polar surface area (TPSA) is 84.7 Å². The minimum absolute atomic E-state index is 0.0280. The number of hydrogen-bond acceptors (Lipinski definition) is 5. The molecule has 0 saturated carbocycles. The van der Waals surface area contributed by atoms with Crippen LogP contribution in [-0.2, 0) is 0 Å². The first kappa shape index (κ1) is 18.3. The zero-order chi connectivity index (χ0) is 18.7. The predicted molar refractivity (Wildman–Crippen MR) is 97.1 cm³/mol. The van der Waals surface area contributed by atoms with Gasteiger partial charge in [-0.2, -0.15) is 0 Å². The Bertz CT molecular complexity index is 818. The third-order valence-electron chi connectivity index (χ3n) is 4.25. The summed E-state index contributed by atoms with van der Waals surface area (Å²) in [6.45, 7) is 4.26. The van der Waals surface area contributed by atoms with Gasteiger partial charge in [-0.05, 0) is 36.1 Å². The van der Waals surface area contributed by atoms with Crippen LogP contribution in [0.2, 0.25) is 0 Å². The van der Waals surface area contributed by atoms with Crippen molar-refractivity contribution in [3.8, 4) is 5.75 Å². The average molecular weight is 377 g/mol. The molecule has 1 unspecified atom stereocenters. The Hall–Kier alpha value is -2.45. The van der Waals surface area contributed by atoms with Gasteiger partial charge in [-0.25, -0.2) is 4.39 Å². The summed E-state index contributed by atoms with van der Waals surface area (Å²) < 4.78 is 20.0. The van der Waals surface area contributed by atoms with Crippen LogP contribution in [0.15, 0.2) is 29.6 Å². The van der Waals surface area contributed by atoms with Crippen molar-refractivity contribution in [1.29, 1.82) is 0 Å². The van der Waals surface area contributed by atoms with Crippen LogP contribution in [0.3, 0.4) is 0 Å². The molecule has 6 nitrogen and oxygen atoms in total. The number of rotatable bonds is 5. The van der Waals surface area contributed by atoms with E-state index in [4.69, 9.17) is 10.5 Å². The maximum Gasteiger partial charge on any atom is 0.262 e. The molecule has 1 atom stereocenters. The first-order chi connectivity index (χ1) is 12.5. The lowest BCUT2D eigenvalue weighted by Gasteiger charge is -2.28. The number of amides is 2. The molecule has 3 N–H and O–H groups in total. The molecule has 1 saturated heterocycles. The minimum atomic E-state index is -0.559. The van der Waals surface area contributed by atoms with Crippen LogP contribution in [0.4, 0.5) is 4.39 Å². The second-order valence-corrected chi connectivity index (χ2v) is 6.94. The first-order valence-electron chi connectivity index (χ1n) is 8.30. The van der Waals surface area contributed by atoms with Gasteiger partial charge in [0.1, 0.15) is 22.5 Å². The van der Waals surface area contributed by atoms with Gasteiger partial charge in [0.2, 0.25) is 0 Å². The minimum Gasteiger partial charge on any atom is -0.484 e. The van der Waals surface area contributed by atoms with Gasteiger partial charge in [0.05, 0.1) is 5.56 Å². The second kappa shape index (κ2) is 7.84. The van der Waals surface area contributed by atoms with Crippen molar-refractivity contribution in [2.24, 2.45) is 5.73 Å². The summed E-state index contributed by atoms with van der Waals surface area (Å²) in [7, 11) is 0. The summed E-state index contributed by atoms with van der Waals surface area (Å²) in [5.41, 5.74) is 6.00. The molecule has 0 bridgehead atoms. The van der Waals surface area contributed by atoms with Gasteiger partial charge in [0.25, 0.3) is 11.8 Å². The fourth-order valence-electron chi connectivity index (χ4n) is 2.83. The Labute approximate surface area is 154 Å². The summed E-state index contributed by atoms with van der Waals surface area (Å²) in [6.07, 6.45) is -0.474. The quantitative estimate of drug-likeness (QED) is 0.836. The van der Waals surface area contributed by atoms with Crippen molar-refractivity contribution >= 4 is 23.2 Å². The fraction of sp³-hybridized carbons (Fsp3) is 0.333. The molecule has 1 aliphatic heterocycles. The fourth-order valence-corrected chi connectivity index (χ4v) is 3.50. The van der Waals surface area contributed by atoms with E-state index in [0.29, 0.717) is 42.4 Å². The van der Waals surface area contributed by atoms with E-state index in [0.717, 1.165) is 0 Å². The van der Waals surface area contributed by atoms with E-state index >= 15 is 0 Å². The molecule has 1 fully saturated rings. The Morgan fingerprint density at radius 1 is 1.31 bits per heavy atom. The highest BCUT2D eigenvalue weighted by molar-refractivity contribution is 7.12. The van der Waals surface area contributed by atoms with Gasteiger partial charge >= 0.3 is 0 Å². The highest BCUT2D eigenvalue weighted by Gasteiger charge is 2.23. The summed E-state index contributed by atoms with van der Waals surface area (Å²) in [6, 6.07) is 6.02. The lowest BCUT2D eigenvalue weighted by Crippen LogP contribution is -2.46. The summed E-state index contributed by atoms with van der Waals surface area (Å²) in [5.74, 6) is -1.06. The Kier molecular flexibility index (Phi) is 5.53. The maximum absolute atomic E-state index is 14.2. The molecule has 1 aliphatic rings. The molecule has 26 heavy (non-hydrogen) atoms. The van der Waals surface area contributed by atoms with Crippen LogP contribution in [0.25, 0.3) is 0 Å². The molecule has 3 rings (SSSR count). The number of halogens is 1. The molecule has 0 radical (unpaired) electrons. The monoisotopic (exact) mass is 377 g/mol. The van der Waals surface area contributed by atoms with E-state index in [-0.39, 0.29) is 11.5 Å². The molecular formula is C18H20FN3O3S. The summed E-state index contributed by atoms with van der Waals surface area (Å²) in [4.78, 5) is 26.0. The number of nitrogens with two attached hydrogens (primary N) is 1. The molecule has 1 aromatic carbocycles. The molecular weight excluding hydrogens is 357 g/mol. The van der Waals surface area contributed by atoms with Crippen LogP contribution in [-0.4, -0.2) is 42.9 Å². The van der Waals surface area contributed by atoms with Crippen LogP contribution < -0.4 is 15.8 Å². The third kappa shape index (κ3) is 3.86. The lowest BCUT2D eigenvalue weighted by molar-refractivity contribution is 0.0730. The summed E-state index contributed by atoms with van der Waals surface area (Å²) >= 11 is 1.20. The zero-order valence-corrected chi connectivity index (χ0v) is 15.1. The van der Waals surface area contributed by atoms with Gasteiger partial charge in [-0.1, -0.05) is 6.07 Å². The number of ether oxygens (including phenoxy) is 1. The Balaban J connectivity index is 1.81. The van der Waals surface area contributed by atoms with Crippen molar-refractivity contribution in [1.82, 2.24) is 10.2 Å². The van der Waals surface area contributed by atoms with Gasteiger partial charge < -0.3 is 20.7 Å². The smallest absolute Gasteiger partial charge is 0.262 e. The number of hydrogen-bond donors (Lipinski definition) is 2. The number of benzene rings is 1. The largest absolute Gasteiger partial charge is 0.484 e. The van der Waals surface area contributed by atoms with Crippen LogP contribution >= 0.6 is 11.3 Å². The molecule has 138 valence electrons. The van der Waals surface area contributed by atoms with Crippen molar-refractivity contribution < 1.29 is 18.7 Å². The van der Waals surface area contributed by atoms with E-state index < -0.39 is 17.8 Å². The third-order valence-corrected chi connectivity index (χ3v) is 5.16. The van der Waals surface area contributed by atoms with E-state index in [1.54, 1.807) is 29.3 Å². The molecule has 1 aromatic heterocycles. The molecule has 2 heterocycles. The molecule has 8 heteroatoms. The normalized spacial score (nSPS) is 15.5. The van der Waals surface area contributed by atoms with Crippen LogP contribution in [0, 0.1) is 5.82 Å². The number of thiophene rings is 1. The van der Waals surface area contributed by atoms with Gasteiger partial charge in [-0.3, -0.25) is 9.59 Å². The Morgan fingerprint density at radius 3 is 2.73 bits per heavy atom. The predicted octanol–water partition coefficient (Wildman–Crippen LogP) is 2.17. The van der Waals surface area contributed by atoms with Crippen molar-refractivity contribution in [2.45, 2.75) is 13.0 Å². The number of nitrogens with zero attached hydrogens (tertiary/aromatic N) is 1. The van der Waals surface area contributed by atoms with Gasteiger partial charge in [-0.15, -0.1) is 11.3 Å². The summed E-state index contributed by atoms with van der Waals surface area (Å²) in [5, 5.41) is 4.87. The van der Waals surface area contributed by atoms with E-state index in [1.807, 2.05) is 0 Å². The van der Waals surface area contributed by atoms with E-state index in [1.165, 1.54) is 23.5 Å². The molecule has 2 amide bonds. The highest BCUT2D eigenvalue weighted by Crippen LogP contribution is 2.30. The molecule has 0 spiro atoms. The SMILES string of the molecule is CC(Oc1ccsc1C(N)=O)c1ccc(F)c(C(=O)N2CCNCC2)c1. The molecule has 2 aromatic rings. The van der Waals surface area contributed by atoms with Crippen molar-refractivity contribution in [3.05, 3.63) is 51.5 Å². The van der Waals surface area contributed by atoms with Gasteiger partial charge in [0.15, 0.2) is 0 Å². The number of nitrogens with one attached hydrogen (secondary N) is 1. The van der Waals surface area contributed by atoms with Crippen LogP contribution in [0.5, 0.6) is 5.75 Å². The van der Waals surface area contributed by atoms with E-state index in [9.17, 15) is 14.0 Å². The highest BCUT2D eigenvalue weighted by atomic mass is 32.1. The second-order valence-electron chi connectivity index (χ2n) is 6.02. The Morgan fingerprint density at radius 2 is 2.04 bits per heavy atom. The van der Waals surface area contributed by atoms with E-state index in [2.05, 4.69) is 5.32 Å². The number of carbonyl (C=O) groups is 2. The number of piperazine rings is 1. The van der Waals surface area contributed by atoms with Gasteiger partial charge in [0, 0.05) is 26.2 Å².